The molecule has 7 nitrogen and oxygen atoms in total. The van der Waals surface area contributed by atoms with Gasteiger partial charge < -0.3 is 8.94 Å². The zero-order valence-electron chi connectivity index (χ0n) is 13.1. The van der Waals surface area contributed by atoms with Crippen molar-refractivity contribution in [2.45, 2.75) is 6.54 Å². The largest absolute Gasteiger partial charge is 0.437 e. The fourth-order valence-electron chi connectivity index (χ4n) is 2.28. The van der Waals surface area contributed by atoms with Crippen LogP contribution >= 0.6 is 11.6 Å². The van der Waals surface area contributed by atoms with Crippen LogP contribution in [0.4, 0.5) is 4.39 Å². The Morgan fingerprint density at radius 2 is 1.73 bits per heavy atom. The summed E-state index contributed by atoms with van der Waals surface area (Å²) in [7, 11) is 0. The van der Waals surface area contributed by atoms with Gasteiger partial charge in [0.2, 0.25) is 17.6 Å². The molecule has 0 saturated heterocycles. The molecule has 26 heavy (non-hydrogen) atoms. The highest BCUT2D eigenvalue weighted by Crippen LogP contribution is 2.19. The maximum absolute atomic E-state index is 13.0. The third-order valence-electron chi connectivity index (χ3n) is 3.55. The standard InChI is InChI=1S/C17H10ClFN4O3/c18-12-5-1-10(2-6-12)15-20-14(26-22-15)9-23-17(24)25-16(21-23)11-3-7-13(19)8-4-11/h1-8H,9H2. The van der Waals surface area contributed by atoms with E-state index in [1.165, 1.54) is 24.3 Å². The van der Waals surface area contributed by atoms with E-state index in [0.717, 1.165) is 10.2 Å². The van der Waals surface area contributed by atoms with Crippen LogP contribution in [0.25, 0.3) is 22.8 Å². The smallest absolute Gasteiger partial charge is 0.388 e. The van der Waals surface area contributed by atoms with Gasteiger partial charge in [0.15, 0.2) is 0 Å². The van der Waals surface area contributed by atoms with Crippen LogP contribution in [0.1, 0.15) is 5.89 Å². The highest BCUT2D eigenvalue weighted by atomic mass is 35.5. The second kappa shape index (κ2) is 6.57. The number of benzene rings is 2. The predicted octanol–water partition coefficient (Wildman–Crippen LogP) is 3.39. The molecular formula is C17H10ClFN4O3. The van der Waals surface area contributed by atoms with Gasteiger partial charge >= 0.3 is 5.76 Å². The van der Waals surface area contributed by atoms with E-state index in [2.05, 4.69) is 15.2 Å². The van der Waals surface area contributed by atoms with E-state index in [9.17, 15) is 9.18 Å². The Morgan fingerprint density at radius 1 is 1.04 bits per heavy atom. The lowest BCUT2D eigenvalue weighted by molar-refractivity contribution is 0.360. The van der Waals surface area contributed by atoms with Crippen LogP contribution in [-0.2, 0) is 6.54 Å². The van der Waals surface area contributed by atoms with Crippen molar-refractivity contribution in [3.63, 3.8) is 0 Å². The third kappa shape index (κ3) is 3.27. The third-order valence-corrected chi connectivity index (χ3v) is 3.80. The minimum Gasteiger partial charge on any atom is -0.388 e. The highest BCUT2D eigenvalue weighted by Gasteiger charge is 2.15. The Hall–Kier alpha value is -3.26. The summed E-state index contributed by atoms with van der Waals surface area (Å²) in [6.45, 7) is -0.0515. The minimum absolute atomic E-state index is 0.0515. The minimum atomic E-state index is -0.685. The first kappa shape index (κ1) is 16.2. The van der Waals surface area contributed by atoms with Crippen molar-refractivity contribution < 1.29 is 13.3 Å². The summed E-state index contributed by atoms with van der Waals surface area (Å²) in [5.74, 6) is -0.442. The predicted molar refractivity (Wildman–Crippen MR) is 90.0 cm³/mol. The van der Waals surface area contributed by atoms with Gasteiger partial charge in [0, 0.05) is 16.1 Å². The van der Waals surface area contributed by atoms with Crippen molar-refractivity contribution in [2.24, 2.45) is 0 Å². The fraction of sp³-hybridized carbons (Fsp3) is 0.0588. The lowest BCUT2D eigenvalue weighted by Crippen LogP contribution is -2.16. The molecule has 0 aliphatic rings. The number of aromatic nitrogens is 4. The number of hydrogen-bond acceptors (Lipinski definition) is 6. The molecule has 0 aliphatic heterocycles. The molecule has 0 fully saturated rings. The first-order valence-corrected chi connectivity index (χ1v) is 7.89. The molecule has 2 aromatic carbocycles. The van der Waals surface area contributed by atoms with Crippen LogP contribution in [0.5, 0.6) is 0 Å². The molecule has 0 saturated carbocycles. The Morgan fingerprint density at radius 3 is 2.46 bits per heavy atom. The normalized spacial score (nSPS) is 11.0. The van der Waals surface area contributed by atoms with Gasteiger partial charge in [-0.25, -0.2) is 9.18 Å². The summed E-state index contributed by atoms with van der Waals surface area (Å²) >= 11 is 5.85. The first-order valence-electron chi connectivity index (χ1n) is 7.51. The van der Waals surface area contributed by atoms with Crippen molar-refractivity contribution in [3.8, 4) is 22.8 Å². The lowest BCUT2D eigenvalue weighted by Gasteiger charge is -1.94. The van der Waals surface area contributed by atoms with Gasteiger partial charge in [-0.1, -0.05) is 16.8 Å². The molecule has 0 spiro atoms. The van der Waals surface area contributed by atoms with Gasteiger partial charge in [0.05, 0.1) is 0 Å². The molecule has 0 N–H and O–H groups in total. The molecule has 0 unspecified atom stereocenters. The van der Waals surface area contributed by atoms with E-state index in [-0.39, 0.29) is 18.3 Å². The van der Waals surface area contributed by atoms with Gasteiger partial charge in [-0.15, -0.1) is 5.10 Å². The van der Waals surface area contributed by atoms with Crippen molar-refractivity contribution >= 4 is 11.6 Å². The number of halogens is 2. The number of rotatable bonds is 4. The number of nitrogens with zero attached hydrogens (tertiary/aromatic N) is 4. The molecule has 2 aromatic heterocycles. The topological polar surface area (TPSA) is 87.0 Å². The fourth-order valence-corrected chi connectivity index (χ4v) is 2.40. The Bertz CT molecular complexity index is 1100. The molecule has 4 aromatic rings. The average Bonchev–Trinajstić information content (AvgIpc) is 3.24. The second-order valence-corrected chi connectivity index (χ2v) is 5.79. The van der Waals surface area contributed by atoms with Crippen molar-refractivity contribution in [3.05, 3.63) is 75.8 Å². The maximum atomic E-state index is 13.0. The van der Waals surface area contributed by atoms with E-state index < -0.39 is 11.6 Å². The average molecular weight is 373 g/mol. The summed E-state index contributed by atoms with van der Waals surface area (Å²) < 4.78 is 24.3. The summed E-state index contributed by atoms with van der Waals surface area (Å²) in [6.07, 6.45) is 0. The number of hydrogen-bond donors (Lipinski definition) is 0. The molecule has 4 rings (SSSR count). The zero-order chi connectivity index (χ0) is 18.1. The molecule has 0 amide bonds. The van der Waals surface area contributed by atoms with Gasteiger partial charge in [-0.2, -0.15) is 9.67 Å². The van der Waals surface area contributed by atoms with Gasteiger partial charge in [0.25, 0.3) is 0 Å². The molecule has 130 valence electrons. The molecule has 0 radical (unpaired) electrons. The van der Waals surface area contributed by atoms with Crippen LogP contribution < -0.4 is 5.76 Å². The summed E-state index contributed by atoms with van der Waals surface area (Å²) in [6, 6.07) is 12.4. The van der Waals surface area contributed by atoms with E-state index in [4.69, 9.17) is 20.5 Å². The van der Waals surface area contributed by atoms with Gasteiger partial charge in [-0.05, 0) is 48.5 Å². The Kier molecular flexibility index (Phi) is 4.10. The van der Waals surface area contributed by atoms with E-state index in [1.54, 1.807) is 24.3 Å². The van der Waals surface area contributed by atoms with Crippen molar-refractivity contribution in [1.29, 1.82) is 0 Å². The second-order valence-electron chi connectivity index (χ2n) is 5.36. The van der Waals surface area contributed by atoms with Crippen LogP contribution in [0.2, 0.25) is 5.02 Å². The van der Waals surface area contributed by atoms with Crippen LogP contribution in [0, 0.1) is 5.82 Å². The molecule has 2 heterocycles. The highest BCUT2D eigenvalue weighted by molar-refractivity contribution is 6.30. The maximum Gasteiger partial charge on any atom is 0.437 e. The quantitative estimate of drug-likeness (QED) is 0.545. The molecule has 0 atom stereocenters. The van der Waals surface area contributed by atoms with Crippen LogP contribution in [-0.4, -0.2) is 19.9 Å². The van der Waals surface area contributed by atoms with Crippen LogP contribution in [0.15, 0.2) is 62.3 Å². The summed E-state index contributed by atoms with van der Waals surface area (Å²) in [5, 5.41) is 8.54. The summed E-state index contributed by atoms with van der Waals surface area (Å²) in [5.41, 5.74) is 1.21. The van der Waals surface area contributed by atoms with E-state index in [1.807, 2.05) is 0 Å². The summed E-state index contributed by atoms with van der Waals surface area (Å²) in [4.78, 5) is 16.2. The van der Waals surface area contributed by atoms with Gasteiger partial charge in [-0.3, -0.25) is 0 Å². The van der Waals surface area contributed by atoms with Gasteiger partial charge in [0.1, 0.15) is 12.4 Å². The molecule has 9 heteroatoms. The molecule has 0 aliphatic carbocycles. The van der Waals surface area contributed by atoms with Crippen molar-refractivity contribution in [1.82, 2.24) is 19.9 Å². The van der Waals surface area contributed by atoms with Crippen LogP contribution in [0.3, 0.4) is 0 Å². The Labute approximate surface area is 150 Å². The molecular weight excluding hydrogens is 363 g/mol. The van der Waals surface area contributed by atoms with Crippen molar-refractivity contribution in [2.75, 3.05) is 0 Å². The molecule has 0 bridgehead atoms. The van der Waals surface area contributed by atoms with E-state index in [0.29, 0.717) is 16.4 Å². The zero-order valence-corrected chi connectivity index (χ0v) is 13.9. The lowest BCUT2D eigenvalue weighted by atomic mass is 10.2. The van der Waals surface area contributed by atoms with E-state index >= 15 is 0 Å². The first-order chi connectivity index (χ1) is 12.6. The Balaban J connectivity index is 1.57. The monoisotopic (exact) mass is 372 g/mol. The SMILES string of the molecule is O=c1oc(-c2ccc(F)cc2)nn1Cc1nc(-c2ccc(Cl)cc2)no1.